The Kier molecular flexibility index (Phi) is 8.22. The number of nitrogens with one attached hydrogen (secondary N) is 3. The Balaban J connectivity index is 1.56. The number of para-hydroxylation sites is 1. The molecule has 0 bridgehead atoms. The lowest BCUT2D eigenvalue weighted by molar-refractivity contribution is 0.415. The van der Waals surface area contributed by atoms with Gasteiger partial charge in [0.1, 0.15) is 5.75 Å². The summed E-state index contributed by atoms with van der Waals surface area (Å²) >= 11 is 0. The third kappa shape index (κ3) is 7.20. The van der Waals surface area contributed by atoms with E-state index < -0.39 is 10.0 Å². The van der Waals surface area contributed by atoms with Gasteiger partial charge in [-0.1, -0.05) is 18.2 Å². The maximum absolute atomic E-state index is 11.0. The Morgan fingerprint density at radius 3 is 2.35 bits per heavy atom. The van der Waals surface area contributed by atoms with Crippen molar-refractivity contribution in [3.05, 3.63) is 54.6 Å². The monoisotopic (exact) mass is 442 g/mol. The number of methoxy groups -OCH3 is 1. The van der Waals surface area contributed by atoms with Gasteiger partial charge in [-0.25, -0.2) is 18.1 Å². The minimum absolute atomic E-state index is 0.460. The SMILES string of the molecule is COc1ccc(-c2cc(NCCCNCCCNS(C)(=O)=O)c3ccccc3n2)cc1. The van der Waals surface area contributed by atoms with E-state index in [1.54, 1.807) is 7.11 Å². The second-order valence-electron chi connectivity index (χ2n) is 7.35. The van der Waals surface area contributed by atoms with Crippen molar-refractivity contribution in [2.45, 2.75) is 12.8 Å². The van der Waals surface area contributed by atoms with Gasteiger partial charge in [0.05, 0.1) is 24.6 Å². The van der Waals surface area contributed by atoms with Crippen LogP contribution < -0.4 is 20.1 Å². The smallest absolute Gasteiger partial charge is 0.208 e. The van der Waals surface area contributed by atoms with E-state index in [1.165, 1.54) is 6.26 Å². The topological polar surface area (TPSA) is 92.4 Å². The summed E-state index contributed by atoms with van der Waals surface area (Å²) in [5, 5.41) is 7.99. The van der Waals surface area contributed by atoms with Crippen molar-refractivity contribution in [2.75, 3.05) is 44.9 Å². The molecule has 0 aliphatic carbocycles. The highest BCUT2D eigenvalue weighted by molar-refractivity contribution is 7.88. The van der Waals surface area contributed by atoms with E-state index in [-0.39, 0.29) is 0 Å². The summed E-state index contributed by atoms with van der Waals surface area (Å²) < 4.78 is 29.8. The summed E-state index contributed by atoms with van der Waals surface area (Å²) in [6.45, 7) is 2.93. The molecule has 0 aliphatic heterocycles. The van der Waals surface area contributed by atoms with Crippen LogP contribution in [0, 0.1) is 0 Å². The van der Waals surface area contributed by atoms with Gasteiger partial charge in [0.15, 0.2) is 0 Å². The van der Waals surface area contributed by atoms with Crippen LogP contribution >= 0.6 is 0 Å². The van der Waals surface area contributed by atoms with E-state index in [4.69, 9.17) is 9.72 Å². The number of aromatic nitrogens is 1. The predicted octanol–water partition coefficient (Wildman–Crippen LogP) is 3.24. The Bertz CT molecular complexity index is 1090. The zero-order valence-corrected chi connectivity index (χ0v) is 18.8. The second-order valence-corrected chi connectivity index (χ2v) is 9.18. The minimum atomic E-state index is -3.10. The number of fused-ring (bicyclic) bond motifs is 1. The molecule has 0 saturated heterocycles. The van der Waals surface area contributed by atoms with E-state index in [0.29, 0.717) is 6.54 Å². The second kappa shape index (κ2) is 11.1. The average Bonchev–Trinajstić information content (AvgIpc) is 2.77. The molecule has 1 aromatic heterocycles. The van der Waals surface area contributed by atoms with Crippen LogP contribution in [0.1, 0.15) is 12.8 Å². The first-order chi connectivity index (χ1) is 15.0. The van der Waals surface area contributed by atoms with Gasteiger partial charge in [0.2, 0.25) is 10.0 Å². The molecule has 166 valence electrons. The third-order valence-corrected chi connectivity index (χ3v) is 5.57. The van der Waals surface area contributed by atoms with Gasteiger partial charge in [-0.3, -0.25) is 0 Å². The summed E-state index contributed by atoms with van der Waals surface area (Å²) in [6, 6.07) is 18.1. The lowest BCUT2D eigenvalue weighted by Gasteiger charge is -2.13. The molecule has 0 saturated carbocycles. The van der Waals surface area contributed by atoms with E-state index in [2.05, 4.69) is 27.5 Å². The number of hydrogen-bond donors (Lipinski definition) is 3. The van der Waals surface area contributed by atoms with E-state index in [9.17, 15) is 8.42 Å². The predicted molar refractivity (Wildman–Crippen MR) is 127 cm³/mol. The van der Waals surface area contributed by atoms with Gasteiger partial charge in [0, 0.05) is 29.7 Å². The van der Waals surface area contributed by atoms with Gasteiger partial charge in [-0.2, -0.15) is 0 Å². The highest BCUT2D eigenvalue weighted by atomic mass is 32.2. The van der Waals surface area contributed by atoms with Crippen molar-refractivity contribution < 1.29 is 13.2 Å². The zero-order valence-electron chi connectivity index (χ0n) is 18.0. The molecular formula is C23H30N4O3S. The summed E-state index contributed by atoms with van der Waals surface area (Å²) in [5.74, 6) is 0.822. The van der Waals surface area contributed by atoms with Crippen molar-refractivity contribution in [3.63, 3.8) is 0 Å². The number of sulfonamides is 1. The van der Waals surface area contributed by atoms with Crippen LogP contribution in [0.3, 0.4) is 0 Å². The Hall–Kier alpha value is -2.68. The molecule has 0 aliphatic rings. The molecule has 31 heavy (non-hydrogen) atoms. The maximum atomic E-state index is 11.0. The molecule has 3 rings (SSSR count). The third-order valence-electron chi connectivity index (χ3n) is 4.84. The number of hydrogen-bond acceptors (Lipinski definition) is 6. The van der Waals surface area contributed by atoms with Gasteiger partial charge in [-0.15, -0.1) is 0 Å². The van der Waals surface area contributed by atoms with Crippen molar-refractivity contribution in [1.82, 2.24) is 15.0 Å². The first-order valence-electron chi connectivity index (χ1n) is 10.4. The van der Waals surface area contributed by atoms with Crippen molar-refractivity contribution >= 4 is 26.6 Å². The Labute approximate surface area is 184 Å². The maximum Gasteiger partial charge on any atom is 0.208 e. The summed E-state index contributed by atoms with van der Waals surface area (Å²) in [4.78, 5) is 4.82. The molecule has 3 aromatic rings. The standard InChI is InChI=1S/C23H30N4O3S/c1-30-19-11-9-18(10-12-19)22-17-23(20-7-3-4-8-21(20)27-22)25-15-5-13-24-14-6-16-26-31(2,28)29/h3-4,7-12,17,24,26H,5-6,13-16H2,1-2H3,(H,25,27). The van der Waals surface area contributed by atoms with Crippen molar-refractivity contribution in [1.29, 1.82) is 0 Å². The quantitative estimate of drug-likeness (QED) is 0.373. The normalized spacial score (nSPS) is 11.5. The first-order valence-corrected chi connectivity index (χ1v) is 12.3. The van der Waals surface area contributed by atoms with E-state index in [1.807, 2.05) is 42.5 Å². The van der Waals surface area contributed by atoms with E-state index >= 15 is 0 Å². The fourth-order valence-electron chi connectivity index (χ4n) is 3.26. The Morgan fingerprint density at radius 1 is 0.935 bits per heavy atom. The molecule has 7 nitrogen and oxygen atoms in total. The lowest BCUT2D eigenvalue weighted by atomic mass is 10.1. The number of nitrogens with zero attached hydrogens (tertiary/aromatic N) is 1. The van der Waals surface area contributed by atoms with Gasteiger partial charge in [-0.05, 0) is 62.3 Å². The molecule has 0 radical (unpaired) electrons. The molecule has 0 unspecified atom stereocenters. The molecule has 0 amide bonds. The van der Waals surface area contributed by atoms with Crippen LogP contribution in [0.4, 0.5) is 5.69 Å². The molecule has 0 atom stereocenters. The molecule has 0 fully saturated rings. The number of benzene rings is 2. The van der Waals surface area contributed by atoms with E-state index in [0.717, 1.165) is 66.1 Å². The summed E-state index contributed by atoms with van der Waals surface area (Å²) in [6.07, 6.45) is 2.89. The van der Waals surface area contributed by atoms with Crippen LogP contribution in [0.5, 0.6) is 5.75 Å². The first kappa shape index (κ1) is 23.0. The number of ether oxygens (including phenoxy) is 1. The zero-order chi connectivity index (χ0) is 22.1. The molecular weight excluding hydrogens is 412 g/mol. The fraction of sp³-hybridized carbons (Fsp3) is 0.348. The van der Waals surface area contributed by atoms with Crippen LogP contribution in [-0.4, -0.2) is 52.9 Å². The largest absolute Gasteiger partial charge is 0.497 e. The molecule has 0 spiro atoms. The molecule has 1 heterocycles. The number of pyridine rings is 1. The number of rotatable bonds is 12. The molecule has 8 heteroatoms. The number of anilines is 1. The van der Waals surface area contributed by atoms with Crippen LogP contribution in [0.2, 0.25) is 0 Å². The highest BCUT2D eigenvalue weighted by Gasteiger charge is 2.08. The summed E-state index contributed by atoms with van der Waals surface area (Å²) in [5.41, 5.74) is 3.97. The van der Waals surface area contributed by atoms with Gasteiger partial charge >= 0.3 is 0 Å². The van der Waals surface area contributed by atoms with Crippen molar-refractivity contribution in [2.24, 2.45) is 0 Å². The Morgan fingerprint density at radius 2 is 1.65 bits per heavy atom. The molecule has 2 aromatic carbocycles. The summed E-state index contributed by atoms with van der Waals surface area (Å²) in [7, 11) is -1.44. The van der Waals surface area contributed by atoms with Crippen LogP contribution in [0.15, 0.2) is 54.6 Å². The lowest BCUT2D eigenvalue weighted by Crippen LogP contribution is -2.27. The average molecular weight is 443 g/mol. The van der Waals surface area contributed by atoms with Crippen LogP contribution in [-0.2, 0) is 10.0 Å². The highest BCUT2D eigenvalue weighted by Crippen LogP contribution is 2.29. The molecule has 3 N–H and O–H groups in total. The fourth-order valence-corrected chi connectivity index (χ4v) is 3.78. The minimum Gasteiger partial charge on any atom is -0.497 e. The van der Waals surface area contributed by atoms with Gasteiger partial charge < -0.3 is 15.4 Å². The van der Waals surface area contributed by atoms with Crippen LogP contribution in [0.25, 0.3) is 22.2 Å². The van der Waals surface area contributed by atoms with Crippen molar-refractivity contribution in [3.8, 4) is 17.0 Å². The van der Waals surface area contributed by atoms with Gasteiger partial charge in [0.25, 0.3) is 0 Å².